The van der Waals surface area contributed by atoms with Crippen LogP contribution in [0.25, 0.3) is 10.9 Å². The summed E-state index contributed by atoms with van der Waals surface area (Å²) in [6.07, 6.45) is -1.44. The summed E-state index contributed by atoms with van der Waals surface area (Å²) >= 11 is 3.28. The molecule has 0 radical (unpaired) electrons. The van der Waals surface area contributed by atoms with Crippen molar-refractivity contribution in [1.82, 2.24) is 14.7 Å². The predicted octanol–water partition coefficient (Wildman–Crippen LogP) is 4.35. The predicted molar refractivity (Wildman–Crippen MR) is 95.7 cm³/mol. The first-order valence-electron chi connectivity index (χ1n) is 7.64. The summed E-state index contributed by atoms with van der Waals surface area (Å²) in [6.45, 7) is -0.242. The van der Waals surface area contributed by atoms with Gasteiger partial charge in [-0.15, -0.1) is 0 Å². The van der Waals surface area contributed by atoms with Gasteiger partial charge in [-0.2, -0.15) is 9.49 Å². The summed E-state index contributed by atoms with van der Waals surface area (Å²) in [5.74, 6) is -0.735. The van der Waals surface area contributed by atoms with Crippen molar-refractivity contribution in [1.29, 1.82) is 0 Å². The van der Waals surface area contributed by atoms with E-state index in [0.29, 0.717) is 26.5 Å². The smallest absolute Gasteiger partial charge is 0.253 e. The van der Waals surface area contributed by atoms with Gasteiger partial charge in [0, 0.05) is 24.1 Å². The fourth-order valence-corrected chi connectivity index (χ4v) is 3.09. The van der Waals surface area contributed by atoms with E-state index in [9.17, 15) is 13.6 Å². The van der Waals surface area contributed by atoms with Crippen LogP contribution in [0.2, 0.25) is 0 Å². The van der Waals surface area contributed by atoms with Crippen molar-refractivity contribution in [3.05, 3.63) is 64.0 Å². The van der Waals surface area contributed by atoms with E-state index in [-0.39, 0.29) is 12.5 Å². The number of alkyl halides is 1. The Morgan fingerprint density at radius 1 is 1.24 bits per heavy atom. The number of halogens is 3. The number of carbonyl (C=O) groups excluding carboxylic acids is 1. The van der Waals surface area contributed by atoms with Crippen LogP contribution in [0.15, 0.2) is 46.9 Å². The molecule has 0 bridgehead atoms. The second kappa shape index (κ2) is 6.92. The van der Waals surface area contributed by atoms with Gasteiger partial charge in [-0.05, 0) is 45.8 Å². The fraction of sp³-hybridized carbons (Fsp3) is 0.222. The summed E-state index contributed by atoms with van der Waals surface area (Å²) in [4.78, 5) is 13.3. The number of nitrogens with zero attached hydrogens (tertiary/aromatic N) is 3. The fourth-order valence-electron chi connectivity index (χ4n) is 2.57. The topological polar surface area (TPSA) is 38.1 Å². The standard InChI is InChI=1S/C18H16BrF2N3O/c1-23(2)18(25)12-8-6-11(7-9-12)14(20)10-24-17(21)16-13(19)4-3-5-15(16)22-24/h3-9,14H,10H2,1-2H3/t14-/m0/s1. The molecule has 0 saturated carbocycles. The monoisotopic (exact) mass is 407 g/mol. The first-order valence-corrected chi connectivity index (χ1v) is 8.44. The van der Waals surface area contributed by atoms with Crippen molar-refractivity contribution in [2.75, 3.05) is 14.1 Å². The van der Waals surface area contributed by atoms with Crippen LogP contribution in [0.5, 0.6) is 0 Å². The minimum absolute atomic E-state index is 0.156. The van der Waals surface area contributed by atoms with Crippen LogP contribution in [0.4, 0.5) is 8.78 Å². The third-order valence-corrected chi connectivity index (χ3v) is 4.57. The molecule has 1 atom stereocenters. The first kappa shape index (κ1) is 17.5. The van der Waals surface area contributed by atoms with Gasteiger partial charge in [0.05, 0.1) is 17.4 Å². The van der Waals surface area contributed by atoms with Crippen LogP contribution in [0.1, 0.15) is 22.1 Å². The normalized spacial score (nSPS) is 12.4. The number of amides is 1. The number of fused-ring (bicyclic) bond motifs is 1. The van der Waals surface area contributed by atoms with Crippen LogP contribution in [0, 0.1) is 5.95 Å². The van der Waals surface area contributed by atoms with E-state index in [1.165, 1.54) is 4.90 Å². The molecule has 3 aromatic rings. The molecule has 4 nitrogen and oxygen atoms in total. The Bertz CT molecular complexity index is 922. The molecule has 0 N–H and O–H groups in total. The highest BCUT2D eigenvalue weighted by Crippen LogP contribution is 2.28. The Morgan fingerprint density at radius 3 is 2.52 bits per heavy atom. The maximum Gasteiger partial charge on any atom is 0.253 e. The van der Waals surface area contributed by atoms with E-state index in [2.05, 4.69) is 21.0 Å². The molecule has 7 heteroatoms. The number of hydrogen-bond donors (Lipinski definition) is 0. The van der Waals surface area contributed by atoms with Crippen LogP contribution in [-0.4, -0.2) is 34.7 Å². The van der Waals surface area contributed by atoms with Gasteiger partial charge in [0.15, 0.2) is 0 Å². The molecular weight excluding hydrogens is 392 g/mol. The highest BCUT2D eigenvalue weighted by molar-refractivity contribution is 9.10. The van der Waals surface area contributed by atoms with Crippen molar-refractivity contribution in [2.45, 2.75) is 12.7 Å². The molecule has 0 saturated heterocycles. The van der Waals surface area contributed by atoms with E-state index in [1.807, 2.05) is 0 Å². The molecule has 2 aromatic carbocycles. The Hall–Kier alpha value is -2.28. The summed E-state index contributed by atoms with van der Waals surface area (Å²) in [5.41, 5.74) is 1.31. The molecule has 0 aliphatic carbocycles. The van der Waals surface area contributed by atoms with Crippen LogP contribution in [0.3, 0.4) is 0 Å². The van der Waals surface area contributed by atoms with Crippen molar-refractivity contribution >= 4 is 32.7 Å². The lowest BCUT2D eigenvalue weighted by atomic mass is 10.1. The maximum absolute atomic E-state index is 14.6. The van der Waals surface area contributed by atoms with E-state index in [4.69, 9.17) is 0 Å². The lowest BCUT2D eigenvalue weighted by molar-refractivity contribution is 0.0827. The Morgan fingerprint density at radius 2 is 1.92 bits per heavy atom. The molecule has 25 heavy (non-hydrogen) atoms. The average Bonchev–Trinajstić information content (AvgIpc) is 2.91. The minimum Gasteiger partial charge on any atom is -0.345 e. The van der Waals surface area contributed by atoms with Gasteiger partial charge in [0.1, 0.15) is 6.17 Å². The number of rotatable bonds is 4. The van der Waals surface area contributed by atoms with Crippen LogP contribution < -0.4 is 0 Å². The first-order chi connectivity index (χ1) is 11.9. The van der Waals surface area contributed by atoms with E-state index in [1.54, 1.807) is 56.6 Å². The second-order valence-electron chi connectivity index (χ2n) is 5.90. The molecule has 3 rings (SSSR count). The van der Waals surface area contributed by atoms with Crippen molar-refractivity contribution in [3.63, 3.8) is 0 Å². The zero-order chi connectivity index (χ0) is 18.1. The molecule has 130 valence electrons. The van der Waals surface area contributed by atoms with Gasteiger partial charge >= 0.3 is 0 Å². The summed E-state index contributed by atoms with van der Waals surface area (Å²) in [5, 5.41) is 4.45. The lowest BCUT2D eigenvalue weighted by Gasteiger charge is -2.12. The Labute approximate surface area is 152 Å². The number of aromatic nitrogens is 2. The minimum atomic E-state index is -1.44. The van der Waals surface area contributed by atoms with E-state index in [0.717, 1.165) is 4.68 Å². The molecule has 0 aliphatic heterocycles. The highest BCUT2D eigenvalue weighted by Gasteiger charge is 2.18. The van der Waals surface area contributed by atoms with Gasteiger partial charge in [-0.1, -0.05) is 18.2 Å². The van der Waals surface area contributed by atoms with Crippen molar-refractivity contribution in [3.8, 4) is 0 Å². The highest BCUT2D eigenvalue weighted by atomic mass is 79.9. The second-order valence-corrected chi connectivity index (χ2v) is 6.75. The van der Waals surface area contributed by atoms with Gasteiger partial charge in [0.2, 0.25) is 5.95 Å². The van der Waals surface area contributed by atoms with Gasteiger partial charge in [-0.25, -0.2) is 9.07 Å². The quantitative estimate of drug-likeness (QED) is 0.644. The lowest BCUT2D eigenvalue weighted by Crippen LogP contribution is -2.21. The largest absolute Gasteiger partial charge is 0.345 e. The summed E-state index contributed by atoms with van der Waals surface area (Å²) in [7, 11) is 3.30. The van der Waals surface area contributed by atoms with Crippen LogP contribution in [-0.2, 0) is 6.54 Å². The molecule has 1 heterocycles. The Balaban J connectivity index is 1.83. The SMILES string of the molecule is CN(C)C(=O)c1ccc([C@@H](F)Cn2nc3cccc(Br)c3c2F)cc1. The van der Waals surface area contributed by atoms with Crippen LogP contribution >= 0.6 is 15.9 Å². The number of hydrogen-bond acceptors (Lipinski definition) is 2. The zero-order valence-corrected chi connectivity index (χ0v) is 15.3. The van der Waals surface area contributed by atoms with Gasteiger partial charge in [0.25, 0.3) is 5.91 Å². The van der Waals surface area contributed by atoms with Gasteiger partial charge < -0.3 is 4.90 Å². The summed E-state index contributed by atoms with van der Waals surface area (Å²) in [6, 6.07) is 11.3. The molecular formula is C18H16BrF2N3O. The van der Waals surface area contributed by atoms with Gasteiger partial charge in [-0.3, -0.25) is 4.79 Å². The zero-order valence-electron chi connectivity index (χ0n) is 13.7. The molecule has 1 aromatic heterocycles. The summed E-state index contributed by atoms with van der Waals surface area (Å²) < 4.78 is 30.7. The molecule has 0 unspecified atom stereocenters. The number of benzene rings is 2. The third kappa shape index (κ3) is 3.42. The molecule has 0 spiro atoms. The van der Waals surface area contributed by atoms with E-state index >= 15 is 0 Å². The average molecular weight is 408 g/mol. The molecule has 1 amide bonds. The Kier molecular flexibility index (Phi) is 4.85. The van der Waals surface area contributed by atoms with Crippen molar-refractivity contribution in [2.24, 2.45) is 0 Å². The van der Waals surface area contributed by atoms with Crippen molar-refractivity contribution < 1.29 is 13.6 Å². The molecule has 0 aliphatic rings. The van der Waals surface area contributed by atoms with E-state index < -0.39 is 12.1 Å². The third-order valence-electron chi connectivity index (χ3n) is 3.91. The maximum atomic E-state index is 14.6. The number of carbonyl (C=O) groups is 1. The molecule has 0 fully saturated rings.